The lowest BCUT2D eigenvalue weighted by atomic mass is 9.92. The standard InChI is InChI=1S/C15H17BrIN3S/c1-15(2,3)13-12(17)14(18)20-11(19-13)8-21-10-6-4-9(16)5-7-10/h4-7H,8H2,1-3H3,(H2,18,19,20). The van der Waals surface area contributed by atoms with Gasteiger partial charge in [-0.05, 0) is 46.9 Å². The molecular formula is C15H17BrIN3S. The SMILES string of the molecule is CC(C)(C)c1nc(CSc2ccc(Br)cc2)nc(N)c1I. The Morgan fingerprint density at radius 1 is 1.19 bits per heavy atom. The molecule has 1 aromatic carbocycles. The molecule has 0 aliphatic heterocycles. The van der Waals surface area contributed by atoms with Crippen LogP contribution in [0.5, 0.6) is 0 Å². The maximum absolute atomic E-state index is 6.03. The molecule has 2 rings (SSSR count). The topological polar surface area (TPSA) is 51.8 Å². The van der Waals surface area contributed by atoms with Gasteiger partial charge < -0.3 is 5.73 Å². The normalized spacial score (nSPS) is 11.7. The first-order valence-electron chi connectivity index (χ1n) is 6.48. The molecule has 0 atom stereocenters. The zero-order valence-electron chi connectivity index (χ0n) is 12.2. The van der Waals surface area contributed by atoms with E-state index in [0.717, 1.165) is 19.6 Å². The van der Waals surface area contributed by atoms with E-state index in [2.05, 4.69) is 76.4 Å². The van der Waals surface area contributed by atoms with Gasteiger partial charge in [-0.3, -0.25) is 0 Å². The van der Waals surface area contributed by atoms with E-state index in [0.29, 0.717) is 11.6 Å². The summed E-state index contributed by atoms with van der Waals surface area (Å²) in [6, 6.07) is 8.23. The second-order valence-electron chi connectivity index (χ2n) is 5.68. The third-order valence-electron chi connectivity index (χ3n) is 2.82. The maximum atomic E-state index is 6.03. The molecule has 0 radical (unpaired) electrons. The number of hydrogen-bond donors (Lipinski definition) is 1. The van der Waals surface area contributed by atoms with Crippen molar-refractivity contribution in [2.45, 2.75) is 36.8 Å². The minimum atomic E-state index is -0.0371. The molecule has 0 amide bonds. The molecule has 0 fully saturated rings. The van der Waals surface area contributed by atoms with Crippen molar-refractivity contribution in [2.24, 2.45) is 0 Å². The molecule has 0 unspecified atom stereocenters. The van der Waals surface area contributed by atoms with Crippen LogP contribution in [0.15, 0.2) is 33.6 Å². The number of halogens is 2. The monoisotopic (exact) mass is 477 g/mol. The number of nitrogens with zero attached hydrogens (tertiary/aromatic N) is 2. The van der Waals surface area contributed by atoms with Crippen molar-refractivity contribution in [3.05, 3.63) is 43.8 Å². The summed E-state index contributed by atoms with van der Waals surface area (Å²) in [5.74, 6) is 2.07. The van der Waals surface area contributed by atoms with E-state index in [1.165, 1.54) is 4.90 Å². The summed E-state index contributed by atoms with van der Waals surface area (Å²) in [4.78, 5) is 10.3. The van der Waals surface area contributed by atoms with Crippen molar-refractivity contribution >= 4 is 56.1 Å². The number of benzene rings is 1. The Labute approximate surface area is 151 Å². The Hall–Kier alpha value is -0.340. The van der Waals surface area contributed by atoms with Gasteiger partial charge in [0.15, 0.2) is 0 Å². The number of nitrogen functional groups attached to an aromatic ring is 1. The van der Waals surface area contributed by atoms with Gasteiger partial charge in [0.25, 0.3) is 0 Å². The fraction of sp³-hybridized carbons (Fsp3) is 0.333. The average Bonchev–Trinajstić information content (AvgIpc) is 2.40. The molecule has 2 N–H and O–H groups in total. The highest BCUT2D eigenvalue weighted by molar-refractivity contribution is 14.1. The Balaban J connectivity index is 2.21. The van der Waals surface area contributed by atoms with Gasteiger partial charge >= 0.3 is 0 Å². The molecule has 1 heterocycles. The van der Waals surface area contributed by atoms with Gasteiger partial charge in [0, 0.05) is 14.8 Å². The fourth-order valence-corrected chi connectivity index (χ4v) is 3.82. The van der Waals surface area contributed by atoms with Crippen molar-refractivity contribution in [2.75, 3.05) is 5.73 Å². The van der Waals surface area contributed by atoms with Crippen LogP contribution in [0.25, 0.3) is 0 Å². The summed E-state index contributed by atoms with van der Waals surface area (Å²) < 4.78 is 2.04. The van der Waals surface area contributed by atoms with Gasteiger partial charge in [0.05, 0.1) is 15.0 Å². The van der Waals surface area contributed by atoms with Crippen molar-refractivity contribution in [3.63, 3.8) is 0 Å². The molecule has 0 aliphatic carbocycles. The number of rotatable bonds is 3. The number of anilines is 1. The smallest absolute Gasteiger partial charge is 0.141 e. The molecular weight excluding hydrogens is 461 g/mol. The minimum absolute atomic E-state index is 0.0371. The number of thioether (sulfide) groups is 1. The third kappa shape index (κ3) is 4.56. The molecule has 2 aromatic rings. The number of nitrogens with two attached hydrogens (primary N) is 1. The Bertz CT molecular complexity index is 639. The summed E-state index contributed by atoms with van der Waals surface area (Å²) >= 11 is 7.38. The molecule has 21 heavy (non-hydrogen) atoms. The van der Waals surface area contributed by atoms with E-state index in [1.54, 1.807) is 11.8 Å². The third-order valence-corrected chi connectivity index (χ3v) is 5.42. The first-order chi connectivity index (χ1) is 9.77. The lowest BCUT2D eigenvalue weighted by Gasteiger charge is -2.20. The molecule has 0 bridgehead atoms. The van der Waals surface area contributed by atoms with E-state index >= 15 is 0 Å². The van der Waals surface area contributed by atoms with E-state index in [1.807, 2.05) is 12.1 Å². The predicted molar refractivity (Wildman–Crippen MR) is 102 cm³/mol. The van der Waals surface area contributed by atoms with Crippen LogP contribution >= 0.6 is 50.3 Å². The van der Waals surface area contributed by atoms with Gasteiger partial charge in [-0.15, -0.1) is 11.8 Å². The lowest BCUT2D eigenvalue weighted by molar-refractivity contribution is 0.560. The second-order valence-corrected chi connectivity index (χ2v) is 8.72. The first-order valence-corrected chi connectivity index (χ1v) is 9.34. The van der Waals surface area contributed by atoms with E-state index in [-0.39, 0.29) is 5.41 Å². The van der Waals surface area contributed by atoms with Crippen LogP contribution in [0.1, 0.15) is 32.3 Å². The fourth-order valence-electron chi connectivity index (χ4n) is 1.75. The Morgan fingerprint density at radius 2 is 1.81 bits per heavy atom. The van der Waals surface area contributed by atoms with Crippen LogP contribution < -0.4 is 5.73 Å². The van der Waals surface area contributed by atoms with Gasteiger partial charge in [-0.1, -0.05) is 36.7 Å². The van der Waals surface area contributed by atoms with Crippen molar-refractivity contribution in [3.8, 4) is 0 Å². The molecule has 3 nitrogen and oxygen atoms in total. The largest absolute Gasteiger partial charge is 0.383 e. The number of aromatic nitrogens is 2. The number of hydrogen-bond acceptors (Lipinski definition) is 4. The minimum Gasteiger partial charge on any atom is -0.383 e. The first kappa shape index (κ1) is 17.0. The average molecular weight is 478 g/mol. The molecule has 0 saturated heterocycles. The zero-order chi connectivity index (χ0) is 15.6. The lowest BCUT2D eigenvalue weighted by Crippen LogP contribution is -2.19. The van der Waals surface area contributed by atoms with Gasteiger partial charge in [0.2, 0.25) is 0 Å². The Morgan fingerprint density at radius 3 is 2.38 bits per heavy atom. The Kier molecular flexibility index (Phi) is 5.54. The highest BCUT2D eigenvalue weighted by atomic mass is 127. The molecule has 6 heteroatoms. The van der Waals surface area contributed by atoms with Gasteiger partial charge in [-0.25, -0.2) is 9.97 Å². The van der Waals surface area contributed by atoms with E-state index < -0.39 is 0 Å². The van der Waals surface area contributed by atoms with Crippen LogP contribution in [-0.4, -0.2) is 9.97 Å². The van der Waals surface area contributed by atoms with Crippen LogP contribution in [0.2, 0.25) is 0 Å². The summed E-state index contributed by atoms with van der Waals surface area (Å²) in [7, 11) is 0. The van der Waals surface area contributed by atoms with Crippen molar-refractivity contribution in [1.29, 1.82) is 0 Å². The molecule has 0 spiro atoms. The van der Waals surface area contributed by atoms with Crippen LogP contribution in [0, 0.1) is 3.57 Å². The quantitative estimate of drug-likeness (QED) is 0.498. The van der Waals surface area contributed by atoms with Gasteiger partial charge in [-0.2, -0.15) is 0 Å². The molecule has 0 aliphatic rings. The highest BCUT2D eigenvalue weighted by Gasteiger charge is 2.22. The highest BCUT2D eigenvalue weighted by Crippen LogP contribution is 2.30. The molecule has 112 valence electrons. The molecule has 1 aromatic heterocycles. The predicted octanol–water partition coefficient (Wildman–Crippen LogP) is 5.02. The summed E-state index contributed by atoms with van der Waals surface area (Å²) in [6.07, 6.45) is 0. The summed E-state index contributed by atoms with van der Waals surface area (Å²) in [5.41, 5.74) is 7.01. The summed E-state index contributed by atoms with van der Waals surface area (Å²) in [5, 5.41) is 0. The van der Waals surface area contributed by atoms with E-state index in [9.17, 15) is 0 Å². The maximum Gasteiger partial charge on any atom is 0.141 e. The second kappa shape index (κ2) is 6.83. The van der Waals surface area contributed by atoms with Gasteiger partial charge in [0.1, 0.15) is 11.6 Å². The van der Waals surface area contributed by atoms with Crippen LogP contribution in [-0.2, 0) is 11.2 Å². The summed E-state index contributed by atoms with van der Waals surface area (Å²) in [6.45, 7) is 6.42. The molecule has 0 saturated carbocycles. The van der Waals surface area contributed by atoms with E-state index in [4.69, 9.17) is 10.7 Å². The van der Waals surface area contributed by atoms with Crippen molar-refractivity contribution < 1.29 is 0 Å². The van der Waals surface area contributed by atoms with Crippen LogP contribution in [0.4, 0.5) is 5.82 Å². The zero-order valence-corrected chi connectivity index (χ0v) is 16.7. The van der Waals surface area contributed by atoms with Crippen LogP contribution in [0.3, 0.4) is 0 Å². The van der Waals surface area contributed by atoms with Crippen molar-refractivity contribution in [1.82, 2.24) is 9.97 Å².